The molecular formula is C7H13IO2. The molecule has 0 aromatic heterocycles. The molecule has 2 atom stereocenters. The third-order valence-electron chi connectivity index (χ3n) is 1.41. The Morgan fingerprint density at radius 1 is 1.50 bits per heavy atom. The number of hydrogen-bond donors (Lipinski definition) is 0. The molecule has 10 heavy (non-hydrogen) atoms. The molecule has 1 aliphatic heterocycles. The molecule has 1 saturated heterocycles. The molecule has 0 saturated carbocycles. The molecule has 0 aromatic carbocycles. The van der Waals surface area contributed by atoms with Crippen LogP contribution in [0.5, 0.6) is 0 Å². The Hall–Kier alpha value is 0.650. The first kappa shape index (κ1) is 8.74. The highest BCUT2D eigenvalue weighted by atomic mass is 127. The van der Waals surface area contributed by atoms with Crippen molar-refractivity contribution in [3.05, 3.63) is 0 Å². The second-order valence-corrected chi connectivity index (χ2v) is 4.38. The van der Waals surface area contributed by atoms with Crippen LogP contribution in [0.1, 0.15) is 13.8 Å². The highest BCUT2D eigenvalue weighted by Gasteiger charge is 2.26. The van der Waals surface area contributed by atoms with Gasteiger partial charge in [-0.05, 0) is 13.8 Å². The van der Waals surface area contributed by atoms with Crippen LogP contribution in [0, 0.1) is 0 Å². The molecule has 0 spiro atoms. The quantitative estimate of drug-likeness (QED) is 0.552. The van der Waals surface area contributed by atoms with Crippen molar-refractivity contribution in [2.24, 2.45) is 0 Å². The Morgan fingerprint density at radius 2 is 2.20 bits per heavy atom. The van der Waals surface area contributed by atoms with E-state index in [0.29, 0.717) is 16.1 Å². The molecular weight excluding hydrogens is 243 g/mol. The number of hydrogen-bond acceptors (Lipinski definition) is 2. The molecule has 0 bridgehead atoms. The van der Waals surface area contributed by atoms with E-state index >= 15 is 0 Å². The summed E-state index contributed by atoms with van der Waals surface area (Å²) < 4.78 is 11.4. The average Bonchev–Trinajstić information content (AvgIpc) is 2.15. The lowest BCUT2D eigenvalue weighted by Gasteiger charge is -2.15. The maximum atomic E-state index is 5.59. The summed E-state index contributed by atoms with van der Waals surface area (Å²) in [6.45, 7) is 5.73. The first-order chi connectivity index (χ1) is 4.70. The molecule has 1 rings (SSSR count). The number of alkyl halides is 1. The zero-order valence-electron chi connectivity index (χ0n) is 6.34. The third kappa shape index (κ3) is 2.36. The Bertz CT molecular complexity index is 106. The van der Waals surface area contributed by atoms with Crippen molar-refractivity contribution < 1.29 is 9.47 Å². The summed E-state index contributed by atoms with van der Waals surface area (Å²) in [4.78, 5) is 0. The van der Waals surface area contributed by atoms with E-state index in [2.05, 4.69) is 36.4 Å². The lowest BCUT2D eigenvalue weighted by atomic mass is 10.3. The number of rotatable bonds is 2. The molecule has 1 heterocycles. The van der Waals surface area contributed by atoms with Gasteiger partial charge in [-0.3, -0.25) is 0 Å². The fourth-order valence-corrected chi connectivity index (χ4v) is 1.61. The van der Waals surface area contributed by atoms with Gasteiger partial charge < -0.3 is 9.47 Å². The zero-order valence-corrected chi connectivity index (χ0v) is 8.50. The Morgan fingerprint density at radius 3 is 2.60 bits per heavy atom. The molecule has 0 radical (unpaired) electrons. The van der Waals surface area contributed by atoms with E-state index in [1.54, 1.807) is 0 Å². The first-order valence-electron chi connectivity index (χ1n) is 3.57. The molecule has 3 heteroatoms. The highest BCUT2D eigenvalue weighted by Crippen LogP contribution is 2.18. The van der Waals surface area contributed by atoms with E-state index in [1.165, 1.54) is 0 Å². The Balaban J connectivity index is 2.26. The van der Waals surface area contributed by atoms with E-state index in [9.17, 15) is 0 Å². The summed E-state index contributed by atoms with van der Waals surface area (Å²) in [6.07, 6.45) is 0.643. The van der Waals surface area contributed by atoms with Crippen LogP contribution in [-0.4, -0.2) is 29.3 Å². The summed E-state index contributed by atoms with van der Waals surface area (Å²) in [5, 5.41) is 0. The monoisotopic (exact) mass is 256 g/mol. The summed E-state index contributed by atoms with van der Waals surface area (Å²) in [7, 11) is 0. The van der Waals surface area contributed by atoms with Crippen LogP contribution in [0.3, 0.4) is 0 Å². The largest absolute Gasteiger partial charge is 0.378 e. The second-order valence-electron chi connectivity index (χ2n) is 2.78. The fourth-order valence-electron chi connectivity index (χ4n) is 0.983. The minimum absolute atomic E-state index is 0.320. The number of halogens is 1. The van der Waals surface area contributed by atoms with Crippen LogP contribution in [0.25, 0.3) is 0 Å². The van der Waals surface area contributed by atoms with Crippen molar-refractivity contribution in [3.63, 3.8) is 0 Å². The van der Waals surface area contributed by atoms with Gasteiger partial charge in [0.1, 0.15) is 0 Å². The molecule has 60 valence electrons. The van der Waals surface area contributed by atoms with Gasteiger partial charge in [0.15, 0.2) is 0 Å². The topological polar surface area (TPSA) is 18.5 Å². The highest BCUT2D eigenvalue weighted by molar-refractivity contribution is 14.1. The Labute approximate surface area is 75.4 Å². The fraction of sp³-hybridized carbons (Fsp3) is 1.00. The molecule has 2 nitrogen and oxygen atoms in total. The number of ether oxygens (including phenoxy) is 2. The predicted octanol–water partition coefficient (Wildman–Crippen LogP) is 1.61. The standard InChI is InChI=1S/C7H13IO2/c1-5(2)10-7-4-9-3-6(7)8/h5-7H,3-4H2,1-2H3. The van der Waals surface area contributed by atoms with Crippen molar-refractivity contribution in [2.45, 2.75) is 30.0 Å². The molecule has 0 aliphatic carbocycles. The van der Waals surface area contributed by atoms with Crippen LogP contribution in [0.4, 0.5) is 0 Å². The van der Waals surface area contributed by atoms with Crippen LogP contribution >= 0.6 is 22.6 Å². The second kappa shape index (κ2) is 3.88. The van der Waals surface area contributed by atoms with E-state index < -0.39 is 0 Å². The maximum absolute atomic E-state index is 5.59. The van der Waals surface area contributed by atoms with Crippen LogP contribution in [-0.2, 0) is 9.47 Å². The van der Waals surface area contributed by atoms with Gasteiger partial charge in [-0.15, -0.1) is 0 Å². The van der Waals surface area contributed by atoms with E-state index in [-0.39, 0.29) is 0 Å². The summed E-state index contributed by atoms with van der Waals surface area (Å²) in [5.41, 5.74) is 0. The van der Waals surface area contributed by atoms with Gasteiger partial charge >= 0.3 is 0 Å². The van der Waals surface area contributed by atoms with Gasteiger partial charge in [-0.2, -0.15) is 0 Å². The minimum atomic E-state index is 0.320. The third-order valence-corrected chi connectivity index (χ3v) is 2.57. The average molecular weight is 256 g/mol. The lowest BCUT2D eigenvalue weighted by molar-refractivity contribution is 0.00575. The molecule has 1 aliphatic rings. The minimum Gasteiger partial charge on any atom is -0.378 e. The summed E-state index contributed by atoms with van der Waals surface area (Å²) in [6, 6.07) is 0. The SMILES string of the molecule is CC(C)OC1COCC1I. The molecule has 1 fully saturated rings. The zero-order chi connectivity index (χ0) is 7.56. The van der Waals surface area contributed by atoms with Crippen LogP contribution in [0.2, 0.25) is 0 Å². The summed E-state index contributed by atoms with van der Waals surface area (Å²) >= 11 is 2.38. The van der Waals surface area contributed by atoms with Crippen molar-refractivity contribution in [2.75, 3.05) is 13.2 Å². The van der Waals surface area contributed by atoms with Gasteiger partial charge in [0.25, 0.3) is 0 Å². The van der Waals surface area contributed by atoms with Crippen LogP contribution < -0.4 is 0 Å². The lowest BCUT2D eigenvalue weighted by Crippen LogP contribution is -2.25. The van der Waals surface area contributed by atoms with Gasteiger partial charge in [0, 0.05) is 0 Å². The van der Waals surface area contributed by atoms with Crippen molar-refractivity contribution in [1.82, 2.24) is 0 Å². The van der Waals surface area contributed by atoms with Crippen molar-refractivity contribution in [3.8, 4) is 0 Å². The molecule has 2 unspecified atom stereocenters. The van der Waals surface area contributed by atoms with Gasteiger partial charge in [-0.25, -0.2) is 0 Å². The van der Waals surface area contributed by atoms with Crippen molar-refractivity contribution >= 4 is 22.6 Å². The van der Waals surface area contributed by atoms with Crippen LogP contribution in [0.15, 0.2) is 0 Å². The first-order valence-corrected chi connectivity index (χ1v) is 4.82. The normalized spacial score (nSPS) is 33.6. The van der Waals surface area contributed by atoms with E-state index in [0.717, 1.165) is 13.2 Å². The Kier molecular flexibility index (Phi) is 3.39. The molecule has 0 aromatic rings. The van der Waals surface area contributed by atoms with Gasteiger partial charge in [-0.1, -0.05) is 22.6 Å². The maximum Gasteiger partial charge on any atom is 0.0951 e. The van der Waals surface area contributed by atoms with Crippen molar-refractivity contribution in [1.29, 1.82) is 0 Å². The van der Waals surface area contributed by atoms with Gasteiger partial charge in [0.2, 0.25) is 0 Å². The summed E-state index contributed by atoms with van der Waals surface area (Å²) in [5.74, 6) is 0. The van der Waals surface area contributed by atoms with E-state index in [4.69, 9.17) is 9.47 Å². The smallest absolute Gasteiger partial charge is 0.0951 e. The molecule has 0 N–H and O–H groups in total. The van der Waals surface area contributed by atoms with Gasteiger partial charge in [0.05, 0.1) is 29.3 Å². The predicted molar refractivity (Wildman–Crippen MR) is 48.6 cm³/mol. The molecule has 0 amide bonds. The van der Waals surface area contributed by atoms with E-state index in [1.807, 2.05) is 0 Å².